The normalized spacial score (nSPS) is 24.1. The highest BCUT2D eigenvalue weighted by atomic mass is 16.5. The molecule has 0 amide bonds. The van der Waals surface area contributed by atoms with Gasteiger partial charge in [-0.05, 0) is 19.4 Å². The number of likely N-dealkylation sites (N-methyl/N-ethyl adjacent to an activating group) is 1. The highest BCUT2D eigenvalue weighted by molar-refractivity contribution is 5.52. The fourth-order valence-electron chi connectivity index (χ4n) is 2.06. The molecule has 2 atom stereocenters. The number of ether oxygens (including phenoxy) is 1. The molecule has 5 nitrogen and oxygen atoms in total. The van der Waals surface area contributed by atoms with Crippen LogP contribution >= 0.6 is 0 Å². The largest absolute Gasteiger partial charge is 0.376 e. The van der Waals surface area contributed by atoms with Crippen LogP contribution in [0.5, 0.6) is 0 Å². The Kier molecular flexibility index (Phi) is 3.02. The van der Waals surface area contributed by atoms with E-state index in [2.05, 4.69) is 16.3 Å². The van der Waals surface area contributed by atoms with Crippen LogP contribution in [0.15, 0.2) is 12.3 Å². The molecule has 0 aliphatic carbocycles. The maximum atomic E-state index is 9.00. The molecule has 0 saturated carbocycles. The zero-order chi connectivity index (χ0) is 11.5. The molecule has 1 aliphatic heterocycles. The van der Waals surface area contributed by atoms with Crippen molar-refractivity contribution in [1.29, 1.82) is 5.26 Å². The van der Waals surface area contributed by atoms with Gasteiger partial charge in [0.2, 0.25) is 0 Å². The van der Waals surface area contributed by atoms with Crippen molar-refractivity contribution < 1.29 is 4.74 Å². The van der Waals surface area contributed by atoms with Crippen LogP contribution in [-0.2, 0) is 4.74 Å². The minimum Gasteiger partial charge on any atom is -0.376 e. The van der Waals surface area contributed by atoms with Crippen LogP contribution in [0.2, 0.25) is 0 Å². The van der Waals surface area contributed by atoms with Gasteiger partial charge in [-0.1, -0.05) is 0 Å². The van der Waals surface area contributed by atoms with Gasteiger partial charge >= 0.3 is 0 Å². The Balaban J connectivity index is 2.27. The predicted octanol–water partition coefficient (Wildman–Crippen LogP) is 0.962. The second kappa shape index (κ2) is 4.45. The topological polar surface area (TPSA) is 62.0 Å². The number of hydrogen-bond acceptors (Lipinski definition) is 5. The summed E-state index contributed by atoms with van der Waals surface area (Å²) in [6.07, 6.45) is 2.65. The van der Waals surface area contributed by atoms with Crippen LogP contribution in [0.25, 0.3) is 0 Å². The monoisotopic (exact) mass is 218 g/mol. The molecule has 84 valence electrons. The van der Waals surface area contributed by atoms with Crippen LogP contribution < -0.4 is 4.90 Å². The van der Waals surface area contributed by atoms with E-state index in [0.29, 0.717) is 11.4 Å². The van der Waals surface area contributed by atoms with Crippen LogP contribution in [-0.4, -0.2) is 36.0 Å². The first kappa shape index (κ1) is 10.8. The molecule has 1 aliphatic rings. The Bertz CT molecular complexity index is 415. The lowest BCUT2D eigenvalue weighted by atomic mass is 10.1. The van der Waals surface area contributed by atoms with Gasteiger partial charge in [0.25, 0.3) is 0 Å². The Labute approximate surface area is 94.7 Å². The lowest BCUT2D eigenvalue weighted by Gasteiger charge is -2.27. The average molecular weight is 218 g/mol. The molecule has 1 fully saturated rings. The van der Waals surface area contributed by atoms with E-state index >= 15 is 0 Å². The molecule has 1 saturated heterocycles. The Morgan fingerprint density at radius 2 is 2.44 bits per heavy atom. The summed E-state index contributed by atoms with van der Waals surface area (Å²) in [7, 11) is 1.93. The summed E-state index contributed by atoms with van der Waals surface area (Å²) in [6, 6.07) is 4.08. The summed E-state index contributed by atoms with van der Waals surface area (Å²) in [4.78, 5) is 1.99. The zero-order valence-corrected chi connectivity index (χ0v) is 9.42. The van der Waals surface area contributed by atoms with Crippen molar-refractivity contribution in [2.45, 2.75) is 25.5 Å². The van der Waals surface area contributed by atoms with Crippen molar-refractivity contribution in [1.82, 2.24) is 10.2 Å². The minimum absolute atomic E-state index is 0.165. The van der Waals surface area contributed by atoms with E-state index in [-0.39, 0.29) is 12.1 Å². The second-order valence-electron chi connectivity index (χ2n) is 3.92. The lowest BCUT2D eigenvalue weighted by Crippen LogP contribution is -2.37. The number of anilines is 1. The molecule has 0 bridgehead atoms. The molecule has 0 spiro atoms. The molecule has 5 heteroatoms. The summed E-state index contributed by atoms with van der Waals surface area (Å²) in [5, 5.41) is 16.9. The third-order valence-corrected chi connectivity index (χ3v) is 2.99. The smallest absolute Gasteiger partial charge is 0.169 e. The van der Waals surface area contributed by atoms with Crippen LogP contribution in [0.4, 0.5) is 5.82 Å². The standard InChI is InChI=1S/C11H14N4O/c1-8-10(4-6-16-8)15(2)11-9(7-12)3-5-13-14-11/h3,5,8,10H,4,6H2,1-2H3. The van der Waals surface area contributed by atoms with E-state index < -0.39 is 0 Å². The molecule has 0 N–H and O–H groups in total. The molecule has 1 aromatic heterocycles. The molecule has 2 rings (SSSR count). The van der Waals surface area contributed by atoms with Crippen molar-refractivity contribution in [2.75, 3.05) is 18.6 Å². The third kappa shape index (κ3) is 1.84. The van der Waals surface area contributed by atoms with Gasteiger partial charge in [-0.2, -0.15) is 10.4 Å². The van der Waals surface area contributed by atoms with E-state index in [0.717, 1.165) is 13.0 Å². The van der Waals surface area contributed by atoms with E-state index in [1.54, 1.807) is 6.07 Å². The highest BCUT2D eigenvalue weighted by Gasteiger charge is 2.29. The number of hydrogen-bond donors (Lipinski definition) is 0. The van der Waals surface area contributed by atoms with Gasteiger partial charge in [0, 0.05) is 13.7 Å². The molecule has 1 aromatic rings. The SMILES string of the molecule is CC1OCCC1N(C)c1nnccc1C#N. The summed E-state index contributed by atoms with van der Waals surface area (Å²) in [5.74, 6) is 0.632. The number of nitrogens with zero attached hydrogens (tertiary/aromatic N) is 4. The number of nitriles is 1. The maximum Gasteiger partial charge on any atom is 0.169 e. The molecular formula is C11H14N4O. The Hall–Kier alpha value is -1.67. The molecule has 0 radical (unpaired) electrons. The summed E-state index contributed by atoms with van der Waals surface area (Å²) >= 11 is 0. The number of aromatic nitrogens is 2. The van der Waals surface area contributed by atoms with E-state index in [9.17, 15) is 0 Å². The number of rotatable bonds is 2. The first-order chi connectivity index (χ1) is 7.74. The molecule has 2 unspecified atom stereocenters. The van der Waals surface area contributed by atoms with Crippen LogP contribution in [0, 0.1) is 11.3 Å². The van der Waals surface area contributed by atoms with Crippen molar-refractivity contribution in [3.05, 3.63) is 17.8 Å². The molecular weight excluding hydrogens is 204 g/mol. The second-order valence-corrected chi connectivity index (χ2v) is 3.92. The zero-order valence-electron chi connectivity index (χ0n) is 9.42. The third-order valence-electron chi connectivity index (χ3n) is 2.99. The van der Waals surface area contributed by atoms with Gasteiger partial charge in [0.05, 0.1) is 23.9 Å². The van der Waals surface area contributed by atoms with Gasteiger partial charge in [-0.15, -0.1) is 5.10 Å². The average Bonchev–Trinajstić information content (AvgIpc) is 2.74. The summed E-state index contributed by atoms with van der Waals surface area (Å²) in [5.41, 5.74) is 0.552. The van der Waals surface area contributed by atoms with E-state index in [1.807, 2.05) is 18.9 Å². The van der Waals surface area contributed by atoms with Crippen molar-refractivity contribution in [3.63, 3.8) is 0 Å². The predicted molar refractivity (Wildman–Crippen MR) is 59.0 cm³/mol. The molecule has 0 aromatic carbocycles. The van der Waals surface area contributed by atoms with Crippen molar-refractivity contribution in [2.24, 2.45) is 0 Å². The van der Waals surface area contributed by atoms with Crippen LogP contribution in [0.1, 0.15) is 18.9 Å². The maximum absolute atomic E-state index is 9.00. The Morgan fingerprint density at radius 3 is 3.06 bits per heavy atom. The minimum atomic E-state index is 0.165. The first-order valence-corrected chi connectivity index (χ1v) is 5.30. The highest BCUT2D eigenvalue weighted by Crippen LogP contribution is 2.24. The molecule has 2 heterocycles. The first-order valence-electron chi connectivity index (χ1n) is 5.30. The van der Waals surface area contributed by atoms with E-state index in [1.165, 1.54) is 6.20 Å². The van der Waals surface area contributed by atoms with Gasteiger partial charge in [0.15, 0.2) is 5.82 Å². The van der Waals surface area contributed by atoms with E-state index in [4.69, 9.17) is 10.00 Å². The van der Waals surface area contributed by atoms with Gasteiger partial charge < -0.3 is 9.64 Å². The Morgan fingerprint density at radius 1 is 1.62 bits per heavy atom. The van der Waals surface area contributed by atoms with Crippen LogP contribution in [0.3, 0.4) is 0 Å². The summed E-state index contributed by atoms with van der Waals surface area (Å²) in [6.45, 7) is 2.80. The van der Waals surface area contributed by atoms with Gasteiger partial charge in [-0.25, -0.2) is 0 Å². The quantitative estimate of drug-likeness (QED) is 0.740. The van der Waals surface area contributed by atoms with Crippen molar-refractivity contribution >= 4 is 5.82 Å². The summed E-state index contributed by atoms with van der Waals surface area (Å²) < 4.78 is 5.51. The van der Waals surface area contributed by atoms with Gasteiger partial charge in [-0.3, -0.25) is 0 Å². The van der Waals surface area contributed by atoms with Crippen molar-refractivity contribution in [3.8, 4) is 6.07 Å². The lowest BCUT2D eigenvalue weighted by molar-refractivity contribution is 0.118. The fourth-order valence-corrected chi connectivity index (χ4v) is 2.06. The van der Waals surface area contributed by atoms with Gasteiger partial charge in [0.1, 0.15) is 6.07 Å². The fraction of sp³-hybridized carbons (Fsp3) is 0.545. The molecule has 16 heavy (non-hydrogen) atoms.